The van der Waals surface area contributed by atoms with E-state index in [4.69, 9.17) is 8.83 Å². The van der Waals surface area contributed by atoms with E-state index < -0.39 is 28.5 Å². The van der Waals surface area contributed by atoms with E-state index in [9.17, 15) is 19.1 Å². The predicted molar refractivity (Wildman–Crippen MR) is 88.8 cm³/mol. The van der Waals surface area contributed by atoms with Gasteiger partial charge in [-0.25, -0.2) is 9.18 Å². The molecule has 5 nitrogen and oxygen atoms in total. The molecule has 0 bridgehead atoms. The summed E-state index contributed by atoms with van der Waals surface area (Å²) in [5, 5.41) is 9.74. The summed E-state index contributed by atoms with van der Waals surface area (Å²) in [5.41, 5.74) is -1.08. The summed E-state index contributed by atoms with van der Waals surface area (Å²) in [5.74, 6) is -0.801. The summed E-state index contributed by atoms with van der Waals surface area (Å²) in [6.07, 6.45) is 2.40. The van der Waals surface area contributed by atoms with Crippen molar-refractivity contribution < 1.29 is 23.1 Å². The van der Waals surface area contributed by atoms with Crippen molar-refractivity contribution >= 4 is 11.9 Å². The highest BCUT2D eigenvalue weighted by atomic mass is 19.1. The van der Waals surface area contributed by atoms with Gasteiger partial charge >= 0.3 is 5.63 Å². The zero-order valence-electron chi connectivity index (χ0n) is 13.2. The number of allylic oxidation sites excluding steroid dienone is 1. The lowest BCUT2D eigenvalue weighted by Crippen LogP contribution is -2.12. The van der Waals surface area contributed by atoms with Crippen LogP contribution < -0.4 is 5.63 Å². The molecule has 1 aromatic carbocycles. The van der Waals surface area contributed by atoms with Crippen molar-refractivity contribution in [1.29, 1.82) is 0 Å². The van der Waals surface area contributed by atoms with Gasteiger partial charge in [-0.15, -0.1) is 0 Å². The Morgan fingerprint density at radius 3 is 2.64 bits per heavy atom. The van der Waals surface area contributed by atoms with E-state index in [1.807, 2.05) is 0 Å². The number of carbonyl (C=O) groups is 1. The lowest BCUT2D eigenvalue weighted by atomic mass is 10.1. The minimum absolute atomic E-state index is 0.198. The van der Waals surface area contributed by atoms with Crippen molar-refractivity contribution in [3.05, 3.63) is 81.9 Å². The fraction of sp³-hybridized carbons (Fsp3) is 0.0526. The van der Waals surface area contributed by atoms with Gasteiger partial charge < -0.3 is 13.9 Å². The molecule has 0 atom stereocenters. The third-order valence-electron chi connectivity index (χ3n) is 3.47. The van der Waals surface area contributed by atoms with Crippen LogP contribution in [0.15, 0.2) is 62.2 Å². The van der Waals surface area contributed by atoms with Crippen molar-refractivity contribution in [2.45, 2.75) is 6.92 Å². The standard InChI is InChI=1S/C19H13FO5/c1-11-10-16(22)18(19(23)24-11)15(21)8-6-12-7-9-17(25-12)13-4-2-3-5-14(13)20/h2-10,22H,1H3/b8-6+. The van der Waals surface area contributed by atoms with Gasteiger partial charge in [0.05, 0.1) is 5.56 Å². The van der Waals surface area contributed by atoms with Crippen LogP contribution in [0.5, 0.6) is 5.75 Å². The lowest BCUT2D eigenvalue weighted by molar-refractivity contribution is 0.104. The molecule has 0 aliphatic carbocycles. The topological polar surface area (TPSA) is 80.6 Å². The van der Waals surface area contributed by atoms with E-state index >= 15 is 0 Å². The summed E-state index contributed by atoms with van der Waals surface area (Å²) in [6, 6.07) is 10.5. The van der Waals surface area contributed by atoms with Gasteiger partial charge in [0.15, 0.2) is 5.78 Å². The molecule has 0 unspecified atom stereocenters. The Hall–Kier alpha value is -3.41. The van der Waals surface area contributed by atoms with E-state index in [0.717, 1.165) is 6.08 Å². The molecule has 126 valence electrons. The van der Waals surface area contributed by atoms with Gasteiger partial charge in [0.1, 0.15) is 34.4 Å². The van der Waals surface area contributed by atoms with Crippen LogP contribution in [0, 0.1) is 12.7 Å². The number of carbonyl (C=O) groups excluding carboxylic acids is 1. The first-order chi connectivity index (χ1) is 12.0. The first-order valence-electron chi connectivity index (χ1n) is 7.36. The summed E-state index contributed by atoms with van der Waals surface area (Å²) < 4.78 is 24.0. The van der Waals surface area contributed by atoms with Crippen LogP contribution in [0.4, 0.5) is 4.39 Å². The molecule has 2 heterocycles. The summed E-state index contributed by atoms with van der Waals surface area (Å²) in [4.78, 5) is 23.8. The maximum Gasteiger partial charge on any atom is 0.351 e. The average molecular weight is 340 g/mol. The number of aryl methyl sites for hydroxylation is 1. The van der Waals surface area contributed by atoms with Crippen molar-refractivity contribution in [3.63, 3.8) is 0 Å². The summed E-state index contributed by atoms with van der Waals surface area (Å²) in [7, 11) is 0. The molecule has 0 aliphatic heterocycles. The molecule has 2 aromatic heterocycles. The van der Waals surface area contributed by atoms with Crippen LogP contribution in [0.3, 0.4) is 0 Å². The maximum atomic E-state index is 13.7. The van der Waals surface area contributed by atoms with Crippen molar-refractivity contribution in [3.8, 4) is 17.1 Å². The number of furan rings is 1. The quantitative estimate of drug-likeness (QED) is 0.574. The van der Waals surface area contributed by atoms with Gasteiger partial charge in [0, 0.05) is 6.07 Å². The number of rotatable bonds is 4. The minimum atomic E-state index is -0.918. The molecule has 0 spiro atoms. The molecule has 25 heavy (non-hydrogen) atoms. The number of aromatic hydroxyl groups is 1. The third kappa shape index (κ3) is 3.42. The molecular formula is C19H13FO5. The molecule has 1 N–H and O–H groups in total. The molecular weight excluding hydrogens is 327 g/mol. The fourth-order valence-corrected chi connectivity index (χ4v) is 2.31. The Bertz CT molecular complexity index is 1030. The van der Waals surface area contributed by atoms with E-state index in [1.165, 1.54) is 25.1 Å². The summed E-state index contributed by atoms with van der Waals surface area (Å²) >= 11 is 0. The third-order valence-corrected chi connectivity index (χ3v) is 3.47. The fourth-order valence-electron chi connectivity index (χ4n) is 2.31. The molecule has 0 fully saturated rings. The van der Waals surface area contributed by atoms with E-state index in [0.29, 0.717) is 17.1 Å². The molecule has 3 aromatic rings. The number of halogens is 1. The lowest BCUT2D eigenvalue weighted by Gasteiger charge is -1.99. The van der Waals surface area contributed by atoms with Gasteiger partial charge in [-0.1, -0.05) is 12.1 Å². The molecule has 6 heteroatoms. The number of hydrogen-bond acceptors (Lipinski definition) is 5. The Morgan fingerprint density at radius 1 is 1.16 bits per heavy atom. The van der Waals surface area contributed by atoms with Gasteiger partial charge in [-0.3, -0.25) is 4.79 Å². The Labute approximate surface area is 141 Å². The first kappa shape index (κ1) is 16.4. The number of ketones is 1. The Balaban J connectivity index is 1.85. The van der Waals surface area contributed by atoms with Gasteiger partial charge in [-0.2, -0.15) is 0 Å². The highest BCUT2D eigenvalue weighted by Crippen LogP contribution is 2.25. The molecule has 0 aliphatic rings. The zero-order chi connectivity index (χ0) is 18.0. The van der Waals surface area contributed by atoms with Gasteiger partial charge in [0.25, 0.3) is 0 Å². The Kier molecular flexibility index (Phi) is 4.35. The van der Waals surface area contributed by atoms with Crippen LogP contribution in [0.25, 0.3) is 17.4 Å². The van der Waals surface area contributed by atoms with E-state index in [-0.39, 0.29) is 5.76 Å². The smallest absolute Gasteiger partial charge is 0.351 e. The molecule has 0 amide bonds. The second kappa shape index (κ2) is 6.60. The van der Waals surface area contributed by atoms with Gasteiger partial charge in [0.2, 0.25) is 0 Å². The van der Waals surface area contributed by atoms with Crippen molar-refractivity contribution in [2.24, 2.45) is 0 Å². The molecule has 0 saturated carbocycles. The summed E-state index contributed by atoms with van der Waals surface area (Å²) in [6.45, 7) is 1.48. The highest BCUT2D eigenvalue weighted by molar-refractivity contribution is 6.08. The van der Waals surface area contributed by atoms with Gasteiger partial charge in [-0.05, 0) is 43.3 Å². The largest absolute Gasteiger partial charge is 0.507 e. The SMILES string of the molecule is Cc1cc(O)c(C(=O)/C=C/c2ccc(-c3ccccc3F)o2)c(=O)o1. The second-order valence-corrected chi connectivity index (χ2v) is 5.28. The maximum absolute atomic E-state index is 13.7. The minimum Gasteiger partial charge on any atom is -0.507 e. The van der Waals surface area contributed by atoms with Crippen molar-refractivity contribution in [1.82, 2.24) is 0 Å². The zero-order valence-corrected chi connectivity index (χ0v) is 13.2. The normalized spacial score (nSPS) is 11.1. The first-order valence-corrected chi connectivity index (χ1v) is 7.36. The van der Waals surface area contributed by atoms with Crippen LogP contribution in [0.1, 0.15) is 21.9 Å². The van der Waals surface area contributed by atoms with Crippen LogP contribution >= 0.6 is 0 Å². The van der Waals surface area contributed by atoms with E-state index in [2.05, 4.69) is 0 Å². The monoisotopic (exact) mass is 340 g/mol. The van der Waals surface area contributed by atoms with E-state index in [1.54, 1.807) is 30.3 Å². The predicted octanol–water partition coefficient (Wildman–Crippen LogP) is 3.95. The molecule has 0 saturated heterocycles. The average Bonchev–Trinajstić information content (AvgIpc) is 3.01. The van der Waals surface area contributed by atoms with Crippen LogP contribution in [-0.4, -0.2) is 10.9 Å². The molecule has 3 rings (SSSR count). The number of hydrogen-bond donors (Lipinski definition) is 1. The highest BCUT2D eigenvalue weighted by Gasteiger charge is 2.16. The second-order valence-electron chi connectivity index (χ2n) is 5.28. The Morgan fingerprint density at radius 2 is 1.92 bits per heavy atom. The molecule has 0 radical (unpaired) electrons. The van der Waals surface area contributed by atoms with Crippen LogP contribution in [0.2, 0.25) is 0 Å². The number of benzene rings is 1. The van der Waals surface area contributed by atoms with Crippen LogP contribution in [-0.2, 0) is 0 Å². The van der Waals surface area contributed by atoms with Crippen molar-refractivity contribution in [2.75, 3.05) is 0 Å².